The van der Waals surface area contributed by atoms with E-state index in [4.69, 9.17) is 21.1 Å². The Kier molecular flexibility index (Phi) is 7.90. The number of amides is 1. The summed E-state index contributed by atoms with van der Waals surface area (Å²) in [6.45, 7) is 2.59. The second-order valence-corrected chi connectivity index (χ2v) is 8.82. The third-order valence-corrected chi connectivity index (χ3v) is 6.11. The number of phenolic OH excluding ortho intramolecular Hbond substituents is 1. The van der Waals surface area contributed by atoms with Crippen LogP contribution >= 0.6 is 27.5 Å². The summed E-state index contributed by atoms with van der Waals surface area (Å²) in [5.41, 5.74) is 4.13. The van der Waals surface area contributed by atoms with Gasteiger partial charge in [0.1, 0.15) is 12.4 Å². The highest BCUT2D eigenvalue weighted by molar-refractivity contribution is 9.10. The lowest BCUT2D eigenvalue weighted by molar-refractivity contribution is 0.0952. The molecule has 0 aliphatic heterocycles. The van der Waals surface area contributed by atoms with Crippen molar-refractivity contribution < 1.29 is 19.4 Å². The zero-order valence-electron chi connectivity index (χ0n) is 18.8. The Balaban J connectivity index is 1.50. The minimum absolute atomic E-state index is 0.113. The molecule has 1 amide bonds. The molecule has 0 fully saturated rings. The van der Waals surface area contributed by atoms with Gasteiger partial charge in [0.25, 0.3) is 5.91 Å². The van der Waals surface area contributed by atoms with Crippen molar-refractivity contribution in [2.75, 3.05) is 6.61 Å². The number of carbonyl (C=O) groups excluding carboxylic acids is 1. The molecule has 0 radical (unpaired) electrons. The van der Waals surface area contributed by atoms with E-state index in [0.717, 1.165) is 16.3 Å². The van der Waals surface area contributed by atoms with Crippen molar-refractivity contribution in [2.24, 2.45) is 5.10 Å². The number of hydrazone groups is 1. The number of halogens is 2. The molecule has 0 atom stereocenters. The van der Waals surface area contributed by atoms with E-state index in [1.165, 1.54) is 6.21 Å². The molecule has 4 aromatic rings. The van der Waals surface area contributed by atoms with Crippen LogP contribution in [0.25, 0.3) is 10.8 Å². The van der Waals surface area contributed by atoms with Crippen LogP contribution in [0.1, 0.15) is 28.4 Å². The molecule has 0 saturated heterocycles. The fourth-order valence-electron chi connectivity index (χ4n) is 3.47. The third-order valence-electron chi connectivity index (χ3n) is 5.15. The van der Waals surface area contributed by atoms with Gasteiger partial charge >= 0.3 is 0 Å². The highest BCUT2D eigenvalue weighted by atomic mass is 79.9. The van der Waals surface area contributed by atoms with Crippen LogP contribution in [-0.4, -0.2) is 23.8 Å². The highest BCUT2D eigenvalue weighted by Crippen LogP contribution is 2.37. The van der Waals surface area contributed by atoms with E-state index in [9.17, 15) is 9.90 Å². The molecule has 0 heterocycles. The fourth-order valence-corrected chi connectivity index (χ4v) is 4.23. The van der Waals surface area contributed by atoms with Crippen molar-refractivity contribution >= 4 is 50.4 Å². The quantitative estimate of drug-likeness (QED) is 0.188. The summed E-state index contributed by atoms with van der Waals surface area (Å²) in [4.78, 5) is 12.6. The summed E-state index contributed by atoms with van der Waals surface area (Å²) in [6, 6.07) is 21.7. The maximum atomic E-state index is 12.6. The van der Waals surface area contributed by atoms with E-state index in [1.54, 1.807) is 24.3 Å². The van der Waals surface area contributed by atoms with Gasteiger partial charge in [0.15, 0.2) is 11.5 Å². The van der Waals surface area contributed by atoms with E-state index in [0.29, 0.717) is 33.2 Å². The van der Waals surface area contributed by atoms with E-state index in [-0.39, 0.29) is 17.9 Å². The number of nitrogens with one attached hydrogen (secondary N) is 1. The third kappa shape index (κ3) is 5.93. The summed E-state index contributed by atoms with van der Waals surface area (Å²) in [7, 11) is 0. The minimum atomic E-state index is -0.520. The van der Waals surface area contributed by atoms with Crippen LogP contribution in [0.15, 0.2) is 82.4 Å². The van der Waals surface area contributed by atoms with Crippen molar-refractivity contribution in [2.45, 2.75) is 13.5 Å². The van der Waals surface area contributed by atoms with Crippen LogP contribution in [0.2, 0.25) is 5.02 Å². The molecule has 6 nitrogen and oxygen atoms in total. The monoisotopic (exact) mass is 552 g/mol. The highest BCUT2D eigenvalue weighted by Gasteiger charge is 2.14. The number of benzene rings is 4. The largest absolute Gasteiger partial charge is 0.507 e. The normalized spacial score (nSPS) is 11.1. The van der Waals surface area contributed by atoms with E-state index < -0.39 is 5.91 Å². The van der Waals surface area contributed by atoms with Crippen LogP contribution in [-0.2, 0) is 6.61 Å². The summed E-state index contributed by atoms with van der Waals surface area (Å²) in [5.74, 6) is 0.425. The van der Waals surface area contributed by atoms with Gasteiger partial charge in [-0.15, -0.1) is 0 Å². The molecular weight excluding hydrogens is 532 g/mol. The predicted molar refractivity (Wildman–Crippen MR) is 142 cm³/mol. The Bertz CT molecular complexity index is 1410. The first-order valence-electron chi connectivity index (χ1n) is 10.8. The number of aromatic hydroxyl groups is 1. The predicted octanol–water partition coefficient (Wildman–Crippen LogP) is 6.70. The molecule has 0 aliphatic carbocycles. The molecule has 35 heavy (non-hydrogen) atoms. The van der Waals surface area contributed by atoms with Crippen molar-refractivity contribution in [3.05, 3.63) is 99.0 Å². The molecule has 178 valence electrons. The minimum Gasteiger partial charge on any atom is -0.507 e. The van der Waals surface area contributed by atoms with Crippen molar-refractivity contribution in [3.63, 3.8) is 0 Å². The summed E-state index contributed by atoms with van der Waals surface area (Å²) >= 11 is 9.76. The van der Waals surface area contributed by atoms with Gasteiger partial charge in [-0.1, -0.05) is 54.1 Å². The lowest BCUT2D eigenvalue weighted by Gasteiger charge is -2.15. The summed E-state index contributed by atoms with van der Waals surface area (Å²) < 4.78 is 12.4. The van der Waals surface area contributed by atoms with Crippen molar-refractivity contribution in [1.29, 1.82) is 0 Å². The number of hydrogen-bond donors (Lipinski definition) is 2. The molecule has 0 spiro atoms. The summed E-state index contributed by atoms with van der Waals surface area (Å²) in [6.07, 6.45) is 1.49. The average Bonchev–Trinajstić information content (AvgIpc) is 2.84. The number of fused-ring (bicyclic) bond motifs is 1. The molecule has 0 saturated carbocycles. The van der Waals surface area contributed by atoms with Gasteiger partial charge in [0.05, 0.1) is 22.9 Å². The second kappa shape index (κ2) is 11.3. The molecule has 0 aliphatic rings. The van der Waals surface area contributed by atoms with E-state index in [1.807, 2.05) is 55.5 Å². The zero-order valence-corrected chi connectivity index (χ0v) is 21.1. The van der Waals surface area contributed by atoms with E-state index >= 15 is 0 Å². The average molecular weight is 554 g/mol. The Morgan fingerprint density at radius 1 is 1.06 bits per heavy atom. The maximum Gasteiger partial charge on any atom is 0.275 e. The Hall–Kier alpha value is -3.55. The summed E-state index contributed by atoms with van der Waals surface area (Å²) in [5, 5.41) is 16.6. The van der Waals surface area contributed by atoms with Gasteiger partial charge in [0, 0.05) is 10.6 Å². The number of rotatable bonds is 8. The van der Waals surface area contributed by atoms with Gasteiger partial charge in [-0.2, -0.15) is 5.10 Å². The van der Waals surface area contributed by atoms with Gasteiger partial charge in [-0.25, -0.2) is 5.43 Å². The lowest BCUT2D eigenvalue weighted by atomic mass is 10.1. The van der Waals surface area contributed by atoms with Crippen LogP contribution in [0.4, 0.5) is 0 Å². The Morgan fingerprint density at radius 2 is 1.77 bits per heavy atom. The van der Waals surface area contributed by atoms with Crippen molar-refractivity contribution in [3.8, 4) is 17.2 Å². The fraction of sp³-hybridized carbons (Fsp3) is 0.111. The van der Waals surface area contributed by atoms with Crippen LogP contribution in [0, 0.1) is 0 Å². The van der Waals surface area contributed by atoms with Gasteiger partial charge < -0.3 is 14.6 Å². The molecule has 0 aromatic heterocycles. The van der Waals surface area contributed by atoms with Gasteiger partial charge in [-0.05, 0) is 69.5 Å². The first kappa shape index (κ1) is 24.6. The second-order valence-electron chi connectivity index (χ2n) is 7.56. The van der Waals surface area contributed by atoms with Crippen LogP contribution < -0.4 is 14.9 Å². The lowest BCUT2D eigenvalue weighted by Crippen LogP contribution is -2.17. The van der Waals surface area contributed by atoms with Crippen LogP contribution in [0.5, 0.6) is 17.2 Å². The standard InChI is InChI=1S/C27H22BrClN2O4/c1-2-34-25-12-17(11-22(28)26(25)35-16-20-9-5-6-10-23(20)29)15-30-31-27(33)21-13-18-7-3-4-8-19(18)14-24(21)32/h3-15,32H,2,16H2,1H3,(H,31,33). The number of ether oxygens (including phenoxy) is 2. The first-order valence-corrected chi connectivity index (χ1v) is 12.0. The first-order chi connectivity index (χ1) is 17.0. The number of hydrogen-bond acceptors (Lipinski definition) is 5. The molecule has 4 aromatic carbocycles. The number of nitrogens with zero attached hydrogens (tertiary/aromatic N) is 1. The molecule has 0 bridgehead atoms. The SMILES string of the molecule is CCOc1cc(C=NNC(=O)c2cc3ccccc3cc2O)cc(Br)c1OCc1ccccc1Cl. The molecule has 8 heteroatoms. The van der Waals surface area contributed by atoms with Crippen LogP contribution in [0.3, 0.4) is 0 Å². The Labute approximate surface area is 216 Å². The molecule has 2 N–H and O–H groups in total. The van der Waals surface area contributed by atoms with Gasteiger partial charge in [-0.3, -0.25) is 4.79 Å². The maximum absolute atomic E-state index is 12.6. The molecule has 4 rings (SSSR count). The zero-order chi connectivity index (χ0) is 24.8. The Morgan fingerprint density at radius 3 is 2.51 bits per heavy atom. The number of carbonyl (C=O) groups is 1. The smallest absolute Gasteiger partial charge is 0.275 e. The number of phenols is 1. The molecular formula is C27H22BrClN2O4. The molecule has 0 unspecified atom stereocenters. The topological polar surface area (TPSA) is 80.2 Å². The van der Waals surface area contributed by atoms with Gasteiger partial charge in [0.2, 0.25) is 0 Å². The van der Waals surface area contributed by atoms with E-state index in [2.05, 4.69) is 26.5 Å². The van der Waals surface area contributed by atoms with Crippen molar-refractivity contribution in [1.82, 2.24) is 5.43 Å².